The summed E-state index contributed by atoms with van der Waals surface area (Å²) in [6.07, 6.45) is 1.08. The van der Waals surface area contributed by atoms with Gasteiger partial charge < -0.3 is 10.0 Å². The van der Waals surface area contributed by atoms with Crippen molar-refractivity contribution in [3.63, 3.8) is 0 Å². The van der Waals surface area contributed by atoms with E-state index in [1.54, 1.807) is 6.92 Å². The fraction of sp³-hybridized carbons (Fsp3) is 0.500. The molecule has 17 heavy (non-hydrogen) atoms. The highest BCUT2D eigenvalue weighted by atomic mass is 16.3. The zero-order valence-electron chi connectivity index (χ0n) is 10.6. The molecule has 0 amide bonds. The standard InChI is InChI=1S/C14H21NO2/c1-12(16)11-15(2)10-6-9-14(17)13-7-4-3-5-8-13/h3-5,7-8,12,16H,6,9-11H2,1-2H3. The van der Waals surface area contributed by atoms with Gasteiger partial charge >= 0.3 is 0 Å². The average molecular weight is 235 g/mol. The lowest BCUT2D eigenvalue weighted by atomic mass is 10.1. The SMILES string of the molecule is CC(O)CN(C)CCCC(=O)c1ccccc1. The second-order valence-corrected chi connectivity index (χ2v) is 4.50. The summed E-state index contributed by atoms with van der Waals surface area (Å²) in [5.41, 5.74) is 0.783. The third-order valence-electron chi connectivity index (χ3n) is 2.62. The van der Waals surface area contributed by atoms with E-state index in [0.29, 0.717) is 13.0 Å². The van der Waals surface area contributed by atoms with Crippen LogP contribution in [0.2, 0.25) is 0 Å². The molecule has 1 aromatic carbocycles. The minimum atomic E-state index is -0.315. The second-order valence-electron chi connectivity index (χ2n) is 4.50. The third-order valence-corrected chi connectivity index (χ3v) is 2.62. The highest BCUT2D eigenvalue weighted by Gasteiger charge is 2.06. The Morgan fingerprint density at radius 2 is 2.00 bits per heavy atom. The van der Waals surface area contributed by atoms with Crippen LogP contribution in [0.1, 0.15) is 30.1 Å². The van der Waals surface area contributed by atoms with Crippen molar-refractivity contribution in [1.29, 1.82) is 0 Å². The normalized spacial score (nSPS) is 12.7. The Balaban J connectivity index is 2.25. The number of aliphatic hydroxyl groups is 1. The monoisotopic (exact) mass is 235 g/mol. The molecule has 0 saturated carbocycles. The number of nitrogens with zero attached hydrogens (tertiary/aromatic N) is 1. The van der Waals surface area contributed by atoms with E-state index in [0.717, 1.165) is 18.5 Å². The molecule has 94 valence electrons. The van der Waals surface area contributed by atoms with Crippen molar-refractivity contribution >= 4 is 5.78 Å². The number of hydrogen-bond donors (Lipinski definition) is 1. The van der Waals surface area contributed by atoms with E-state index in [1.807, 2.05) is 42.3 Å². The number of Topliss-reactive ketones (excluding diaryl/α,β-unsaturated/α-hetero) is 1. The smallest absolute Gasteiger partial charge is 0.162 e. The molecule has 0 heterocycles. The Hall–Kier alpha value is -1.19. The van der Waals surface area contributed by atoms with Crippen molar-refractivity contribution in [2.45, 2.75) is 25.9 Å². The molecule has 1 N–H and O–H groups in total. The maximum absolute atomic E-state index is 11.8. The summed E-state index contributed by atoms with van der Waals surface area (Å²) >= 11 is 0. The maximum Gasteiger partial charge on any atom is 0.162 e. The van der Waals surface area contributed by atoms with Gasteiger partial charge in [0.1, 0.15) is 0 Å². The van der Waals surface area contributed by atoms with Crippen LogP contribution in [0.4, 0.5) is 0 Å². The van der Waals surface area contributed by atoms with Gasteiger partial charge in [0.05, 0.1) is 6.10 Å². The molecule has 0 fully saturated rings. The molecule has 0 radical (unpaired) electrons. The number of ketones is 1. The highest BCUT2D eigenvalue weighted by molar-refractivity contribution is 5.95. The number of aliphatic hydroxyl groups excluding tert-OH is 1. The predicted molar refractivity (Wildman–Crippen MR) is 69.2 cm³/mol. The van der Waals surface area contributed by atoms with Crippen molar-refractivity contribution in [2.24, 2.45) is 0 Å². The molecule has 3 heteroatoms. The summed E-state index contributed by atoms with van der Waals surface area (Å²) in [5, 5.41) is 9.20. The minimum absolute atomic E-state index is 0.191. The van der Waals surface area contributed by atoms with E-state index in [2.05, 4.69) is 0 Å². The molecular weight excluding hydrogens is 214 g/mol. The van der Waals surface area contributed by atoms with Crippen LogP contribution in [0.5, 0.6) is 0 Å². The topological polar surface area (TPSA) is 40.5 Å². The van der Waals surface area contributed by atoms with Crippen molar-refractivity contribution in [1.82, 2.24) is 4.90 Å². The van der Waals surface area contributed by atoms with E-state index in [-0.39, 0.29) is 11.9 Å². The number of likely N-dealkylation sites (N-methyl/N-ethyl adjacent to an activating group) is 1. The summed E-state index contributed by atoms with van der Waals surface area (Å²) in [5.74, 6) is 0.191. The van der Waals surface area contributed by atoms with E-state index in [4.69, 9.17) is 0 Å². The van der Waals surface area contributed by atoms with Crippen molar-refractivity contribution < 1.29 is 9.90 Å². The molecule has 1 aromatic rings. The summed E-state index contributed by atoms with van der Waals surface area (Å²) in [4.78, 5) is 13.8. The van der Waals surface area contributed by atoms with Gasteiger partial charge in [-0.15, -0.1) is 0 Å². The van der Waals surface area contributed by atoms with Crippen LogP contribution >= 0.6 is 0 Å². The van der Waals surface area contributed by atoms with Crippen LogP contribution in [0, 0.1) is 0 Å². The first-order valence-corrected chi connectivity index (χ1v) is 6.04. The summed E-state index contributed by atoms with van der Waals surface area (Å²) < 4.78 is 0. The first-order valence-electron chi connectivity index (χ1n) is 6.04. The lowest BCUT2D eigenvalue weighted by molar-refractivity contribution is 0.0971. The van der Waals surface area contributed by atoms with E-state index >= 15 is 0 Å². The molecule has 0 bridgehead atoms. The fourth-order valence-corrected chi connectivity index (χ4v) is 1.82. The van der Waals surface area contributed by atoms with Gasteiger partial charge in [0.2, 0.25) is 0 Å². The molecule has 3 nitrogen and oxygen atoms in total. The minimum Gasteiger partial charge on any atom is -0.392 e. The Kier molecular flexibility index (Phi) is 5.87. The molecule has 1 rings (SSSR count). The van der Waals surface area contributed by atoms with Gasteiger partial charge in [0.15, 0.2) is 5.78 Å². The van der Waals surface area contributed by atoms with E-state index in [1.165, 1.54) is 0 Å². The lowest BCUT2D eigenvalue weighted by Crippen LogP contribution is -2.28. The third kappa shape index (κ3) is 5.61. The van der Waals surface area contributed by atoms with E-state index in [9.17, 15) is 9.90 Å². The van der Waals surface area contributed by atoms with Crippen molar-refractivity contribution in [2.75, 3.05) is 20.1 Å². The van der Waals surface area contributed by atoms with Crippen molar-refractivity contribution in [3.8, 4) is 0 Å². The maximum atomic E-state index is 11.8. The zero-order chi connectivity index (χ0) is 12.7. The molecule has 0 aliphatic rings. The highest BCUT2D eigenvalue weighted by Crippen LogP contribution is 2.05. The first kappa shape index (κ1) is 13.9. The first-order chi connectivity index (χ1) is 8.09. The Bertz CT molecular complexity index is 335. The van der Waals surface area contributed by atoms with Gasteiger partial charge in [-0.2, -0.15) is 0 Å². The van der Waals surface area contributed by atoms with E-state index < -0.39 is 0 Å². The fourth-order valence-electron chi connectivity index (χ4n) is 1.82. The van der Waals surface area contributed by atoms with Gasteiger partial charge in [-0.25, -0.2) is 0 Å². The molecule has 0 spiro atoms. The van der Waals surface area contributed by atoms with Gasteiger partial charge in [-0.05, 0) is 26.9 Å². The van der Waals surface area contributed by atoms with Gasteiger partial charge in [-0.1, -0.05) is 30.3 Å². The van der Waals surface area contributed by atoms with Crippen LogP contribution in [0.15, 0.2) is 30.3 Å². The van der Waals surface area contributed by atoms with Gasteiger partial charge in [-0.3, -0.25) is 4.79 Å². The lowest BCUT2D eigenvalue weighted by Gasteiger charge is -2.17. The molecule has 0 aromatic heterocycles. The van der Waals surface area contributed by atoms with Crippen LogP contribution in [0.25, 0.3) is 0 Å². The molecule has 0 saturated heterocycles. The molecule has 1 unspecified atom stereocenters. The number of rotatable bonds is 7. The average Bonchev–Trinajstić information content (AvgIpc) is 2.29. The Morgan fingerprint density at radius 1 is 1.35 bits per heavy atom. The quantitative estimate of drug-likeness (QED) is 0.734. The molecule has 1 atom stereocenters. The largest absolute Gasteiger partial charge is 0.392 e. The predicted octanol–water partition coefficient (Wildman–Crippen LogP) is 1.96. The molecular formula is C14H21NO2. The number of carbonyl (C=O) groups excluding carboxylic acids is 1. The number of carbonyl (C=O) groups is 1. The molecule has 0 aliphatic heterocycles. The van der Waals surface area contributed by atoms with Crippen LogP contribution < -0.4 is 0 Å². The van der Waals surface area contributed by atoms with Crippen molar-refractivity contribution in [3.05, 3.63) is 35.9 Å². The molecule has 0 aliphatic carbocycles. The zero-order valence-corrected chi connectivity index (χ0v) is 10.6. The van der Waals surface area contributed by atoms with Gasteiger partial charge in [0.25, 0.3) is 0 Å². The second kappa shape index (κ2) is 7.20. The summed E-state index contributed by atoms with van der Waals surface area (Å²) in [6.45, 7) is 3.26. The number of hydrogen-bond acceptors (Lipinski definition) is 3. The Labute approximate surface area is 103 Å². The van der Waals surface area contributed by atoms with Gasteiger partial charge in [0, 0.05) is 18.5 Å². The number of benzene rings is 1. The summed E-state index contributed by atoms with van der Waals surface area (Å²) in [7, 11) is 1.96. The van der Waals surface area contributed by atoms with Crippen LogP contribution in [0.3, 0.4) is 0 Å². The Morgan fingerprint density at radius 3 is 2.59 bits per heavy atom. The van der Waals surface area contributed by atoms with Crippen LogP contribution in [-0.2, 0) is 0 Å². The summed E-state index contributed by atoms with van der Waals surface area (Å²) in [6, 6.07) is 9.37. The van der Waals surface area contributed by atoms with Crippen LogP contribution in [-0.4, -0.2) is 42.0 Å².